The van der Waals surface area contributed by atoms with E-state index in [-0.39, 0.29) is 120 Å². The number of unbranched alkanes of at least 4 members (excludes halogenated alkanes) is 28. The third-order valence-electron chi connectivity index (χ3n) is 11.0. The number of alkyl halides is 12. The van der Waals surface area contributed by atoms with Gasteiger partial charge >= 0.3 is 107 Å². The molecular weight excluding hydrogens is 1280 g/mol. The van der Waals surface area contributed by atoms with Gasteiger partial charge in [0.2, 0.25) is 0 Å². The second-order valence-corrected chi connectivity index (χ2v) is 21.1. The molecule has 0 amide bonds. The molecule has 18 nitrogen and oxygen atoms in total. The van der Waals surface area contributed by atoms with Crippen molar-refractivity contribution in [3.8, 4) is 0 Å². The van der Waals surface area contributed by atoms with Gasteiger partial charge in [0.1, 0.15) is 0 Å². The number of ether oxygens (including phenoxy) is 8. The van der Waals surface area contributed by atoms with Crippen molar-refractivity contribution in [3.05, 3.63) is 18.6 Å². The molecule has 0 aliphatic rings. The Labute approximate surface area is 555 Å². The first-order valence-electron chi connectivity index (χ1n) is 28.2. The molecule has 0 aromatic carbocycles. The van der Waals surface area contributed by atoms with E-state index in [0.29, 0.717) is 77.0 Å². The first-order valence-corrected chi connectivity index (χ1v) is 31.5. The van der Waals surface area contributed by atoms with Gasteiger partial charge in [-0.2, -0.15) is 0 Å². The molecule has 1 N–H and O–H groups in total. The van der Waals surface area contributed by atoms with Gasteiger partial charge in [-0.05, 0) is 62.6 Å². The fourth-order valence-electron chi connectivity index (χ4n) is 7.03. The van der Waals surface area contributed by atoms with E-state index in [2.05, 4.69) is 30.1 Å². The molecule has 0 radical (unpaired) electrons. The molecule has 0 aliphatic carbocycles. The molecule has 0 spiro atoms. The Bertz CT molecular complexity index is 1780. The summed E-state index contributed by atoms with van der Waals surface area (Å²) in [5, 5.41) is 0. The van der Waals surface area contributed by atoms with Crippen molar-refractivity contribution in [3.63, 3.8) is 0 Å². The van der Waals surface area contributed by atoms with Gasteiger partial charge in [0, 0.05) is 12.2 Å². The van der Waals surface area contributed by atoms with E-state index < -0.39 is 69.0 Å². The van der Waals surface area contributed by atoms with Crippen molar-refractivity contribution < 1.29 is 196 Å². The molecule has 0 aromatic heterocycles. The number of carbonyl (C=O) groups excluding carboxylic acids is 4. The molecule has 0 saturated carbocycles. The zero-order valence-corrected chi connectivity index (χ0v) is 56.3. The average molecular weight is 1370 g/mol. The number of carbonyl (C=O) groups is 4. The Morgan fingerprint density at radius 3 is 0.782 bits per heavy atom. The maximum absolute atomic E-state index is 11.8. The first kappa shape index (κ1) is 96.5. The molecule has 0 aromatic rings. The summed E-state index contributed by atoms with van der Waals surface area (Å²) in [5.74, 6) is -2.29. The fraction of sp³-hybridized carbons (Fsp3) is 0.865. The van der Waals surface area contributed by atoms with Gasteiger partial charge in [-0.3, -0.25) is 35.0 Å². The van der Waals surface area contributed by atoms with E-state index in [4.69, 9.17) is 44.9 Å². The third-order valence-corrected chi connectivity index (χ3v) is 11.0. The van der Waals surface area contributed by atoms with Crippen LogP contribution in [0.1, 0.15) is 213 Å². The SMILES string of the molecule is O=C(/C=C\C(=O)OCCCCCCCCCCOC(F)(F)F)OCCCCCCCCCCOC(F)(F)F.O=C([CH-]CC(=O)OCCCCCCCCCCOC(F)(F)F)OCCCCCCCCCCOC(F)(F)F.O=S(=O)=O.O=S([O-])(O)=S.[H-].[Na+].[Na+]. The van der Waals surface area contributed by atoms with Crippen molar-refractivity contribution in [1.29, 1.82) is 0 Å². The van der Waals surface area contributed by atoms with Crippen molar-refractivity contribution in [2.75, 3.05) is 52.9 Å². The molecule has 87 heavy (non-hydrogen) atoms. The minimum Gasteiger partial charge on any atom is -1.00 e. The summed E-state index contributed by atoms with van der Waals surface area (Å²) in [4.78, 5) is 46.6. The van der Waals surface area contributed by atoms with Crippen LogP contribution in [-0.2, 0) is 87.9 Å². The summed E-state index contributed by atoms with van der Waals surface area (Å²) in [6.45, 7) is -0.175. The van der Waals surface area contributed by atoms with Gasteiger partial charge in [0.25, 0.3) is 5.97 Å². The minimum absolute atomic E-state index is 0. The van der Waals surface area contributed by atoms with Crippen LogP contribution in [0.2, 0.25) is 0 Å². The summed E-state index contributed by atoms with van der Waals surface area (Å²) < 4.78 is 227. The van der Waals surface area contributed by atoms with Crippen LogP contribution in [0.25, 0.3) is 0 Å². The van der Waals surface area contributed by atoms with E-state index >= 15 is 0 Å². The predicted octanol–water partition coefficient (Wildman–Crippen LogP) is 8.38. The van der Waals surface area contributed by atoms with Gasteiger partial charge in [-0.1, -0.05) is 161 Å². The summed E-state index contributed by atoms with van der Waals surface area (Å²) in [6, 6.07) is 0. The van der Waals surface area contributed by atoms with E-state index in [1.165, 1.54) is 0 Å². The first-order chi connectivity index (χ1) is 39.7. The predicted molar refractivity (Wildman–Crippen MR) is 287 cm³/mol. The van der Waals surface area contributed by atoms with Crippen molar-refractivity contribution in [2.45, 2.75) is 237 Å². The van der Waals surface area contributed by atoms with Gasteiger partial charge in [0.05, 0.1) is 61.9 Å². The molecule has 1 unspecified atom stereocenters. The van der Waals surface area contributed by atoms with Crippen molar-refractivity contribution in [2.24, 2.45) is 0 Å². The van der Waals surface area contributed by atoms with Gasteiger partial charge in [-0.15, -0.1) is 65.3 Å². The van der Waals surface area contributed by atoms with Crippen LogP contribution in [0, 0.1) is 6.42 Å². The topological polar surface area (TPSA) is 254 Å². The third kappa shape index (κ3) is 109. The van der Waals surface area contributed by atoms with E-state index in [0.717, 1.165) is 147 Å². The molecule has 0 heterocycles. The van der Waals surface area contributed by atoms with E-state index in [1.54, 1.807) is 0 Å². The Morgan fingerprint density at radius 2 is 0.575 bits per heavy atom. The largest absolute Gasteiger partial charge is 1.00 e. The van der Waals surface area contributed by atoms with Crippen LogP contribution in [-0.4, -0.2) is 128 Å². The second-order valence-electron chi connectivity index (χ2n) is 18.6. The molecule has 1 atom stereocenters. The summed E-state index contributed by atoms with van der Waals surface area (Å²) in [6.07, 6.45) is 10.3. The molecule has 35 heteroatoms. The number of hydrogen-bond acceptors (Lipinski definition) is 18. The van der Waals surface area contributed by atoms with Gasteiger partial charge < -0.3 is 29.5 Å². The van der Waals surface area contributed by atoms with Crippen LogP contribution < -0.4 is 59.1 Å². The van der Waals surface area contributed by atoms with E-state index in [1.807, 2.05) is 0 Å². The molecule has 508 valence electrons. The van der Waals surface area contributed by atoms with Crippen LogP contribution in [0.4, 0.5) is 52.7 Å². The van der Waals surface area contributed by atoms with Gasteiger partial charge in [0.15, 0.2) is 5.97 Å². The number of rotatable bonds is 49. The number of hydrogen-bond donors (Lipinski definition) is 1. The van der Waals surface area contributed by atoms with Crippen LogP contribution >= 0.6 is 0 Å². The van der Waals surface area contributed by atoms with Crippen molar-refractivity contribution in [1.82, 2.24) is 0 Å². The number of halogens is 12. The molecule has 0 saturated heterocycles. The number of esters is 4. The smallest absolute Gasteiger partial charge is 1.00 e. The fourth-order valence-corrected chi connectivity index (χ4v) is 7.03. The van der Waals surface area contributed by atoms with Crippen molar-refractivity contribution >= 4 is 54.7 Å². The minimum atomic E-state index is -4.56. The Kier molecular flexibility index (Phi) is 71.5. The maximum Gasteiger partial charge on any atom is 1.00 e. The van der Waals surface area contributed by atoms with E-state index in [9.17, 15) is 71.9 Å². The molecule has 0 aliphatic heterocycles. The Hall–Kier alpha value is -1.60. The molecule has 0 rings (SSSR count). The summed E-state index contributed by atoms with van der Waals surface area (Å²) in [7, 11) is -7.19. The molecular formula is C52H87F12Na2O18S3-. The maximum atomic E-state index is 11.8. The molecule has 0 fully saturated rings. The quantitative estimate of drug-likeness (QED) is 0.0114. The summed E-state index contributed by atoms with van der Waals surface area (Å²) >= 11 is 3.35. The standard InChI is InChI=1S/C26H43F6O6.C26H42F6O6.2Na.H2O3S2.O3S.H/c2*27-25(28,29)37-21-15-11-7-3-1-5-9-13-19-35-23(33)17-18-24(34)36-20-14-10-6-2-4-8-12-16-22-38-26(30,31)32;;;1-5(2,3)4;1-4(2)3;/h17H,1-16,18-22H2;17-18H,1-16,19-22H2;;;(H2,1,2,3,4);;/q-1;;2*+1;;;-1/p-1/b;18-17-;;;;;. The normalized spacial score (nSPS) is 12.1. The zero-order chi connectivity index (χ0) is 65.2. The van der Waals surface area contributed by atoms with Crippen LogP contribution in [0.3, 0.4) is 0 Å². The average Bonchev–Trinajstić information content (AvgIpc) is 3.37. The van der Waals surface area contributed by atoms with Gasteiger partial charge in [-0.25, -0.2) is 13.8 Å². The summed E-state index contributed by atoms with van der Waals surface area (Å²) in [5.41, 5.74) is 0. The van der Waals surface area contributed by atoms with Crippen LogP contribution in [0.5, 0.6) is 0 Å². The Balaban J connectivity index is -0.000000253. The Morgan fingerprint density at radius 1 is 0.402 bits per heavy atom. The van der Waals surface area contributed by atoms with Crippen LogP contribution in [0.15, 0.2) is 12.2 Å². The second kappa shape index (κ2) is 64.5. The molecule has 0 bridgehead atoms. The zero-order valence-electron chi connectivity index (χ0n) is 50.9. The monoisotopic (exact) mass is 1370 g/mol.